The Kier molecular flexibility index (Phi) is 3.60. The van der Waals surface area contributed by atoms with E-state index in [0.717, 1.165) is 28.5 Å². The van der Waals surface area contributed by atoms with E-state index in [-0.39, 0.29) is 22.7 Å². The Labute approximate surface area is 110 Å². The number of nitrogens with zero attached hydrogens (tertiary/aromatic N) is 1. The quantitative estimate of drug-likeness (QED) is 0.811. The minimum atomic E-state index is -3.62. The highest BCUT2D eigenvalue weighted by atomic mass is 32.2. The number of rotatable bonds is 5. The van der Waals surface area contributed by atoms with E-state index in [2.05, 4.69) is 5.32 Å². The van der Waals surface area contributed by atoms with Crippen LogP contribution in [0.15, 0.2) is 15.7 Å². The molecule has 1 aromatic heterocycles. The largest absolute Gasteiger partial charge is 0.398 e. The number of anilines is 1. The molecule has 0 spiro atoms. The molecule has 3 N–H and O–H groups in total. The fourth-order valence-corrected chi connectivity index (χ4v) is 3.82. The maximum Gasteiger partial charge on any atom is 0.252 e. The number of likely N-dealkylation sites (N-methyl/N-ethyl adjacent to an activating group) is 1. The third-order valence-electron chi connectivity index (χ3n) is 2.57. The highest BCUT2D eigenvalue weighted by Gasteiger charge is 2.27. The van der Waals surface area contributed by atoms with Crippen molar-refractivity contribution >= 4 is 33.0 Å². The number of hydrogen-bond donors (Lipinski definition) is 2. The predicted molar refractivity (Wildman–Crippen MR) is 69.7 cm³/mol. The first-order valence-electron chi connectivity index (χ1n) is 5.49. The SMILES string of the molecule is CN(CC(=O)NC1CC1)S(=O)(=O)c1cc(N)cs1. The monoisotopic (exact) mass is 289 g/mol. The molecule has 100 valence electrons. The van der Waals surface area contributed by atoms with Gasteiger partial charge in [-0.3, -0.25) is 4.79 Å². The number of nitrogens with two attached hydrogens (primary N) is 1. The summed E-state index contributed by atoms with van der Waals surface area (Å²) in [5.74, 6) is -0.270. The molecule has 0 radical (unpaired) electrons. The summed E-state index contributed by atoms with van der Waals surface area (Å²) in [5.41, 5.74) is 5.91. The number of carbonyl (C=O) groups excluding carboxylic acids is 1. The summed E-state index contributed by atoms with van der Waals surface area (Å²) in [5, 5.41) is 4.31. The zero-order chi connectivity index (χ0) is 13.3. The second-order valence-corrected chi connectivity index (χ2v) is 7.48. The molecule has 0 aliphatic heterocycles. The molecule has 1 fully saturated rings. The predicted octanol–water partition coefficient (Wildman–Crippen LogP) is 0.229. The van der Waals surface area contributed by atoms with E-state index in [9.17, 15) is 13.2 Å². The zero-order valence-corrected chi connectivity index (χ0v) is 11.6. The molecule has 1 aliphatic carbocycles. The highest BCUT2D eigenvalue weighted by Crippen LogP contribution is 2.24. The van der Waals surface area contributed by atoms with Crippen LogP contribution in [0.2, 0.25) is 0 Å². The molecule has 0 saturated heterocycles. The lowest BCUT2D eigenvalue weighted by Gasteiger charge is -2.15. The highest BCUT2D eigenvalue weighted by molar-refractivity contribution is 7.91. The van der Waals surface area contributed by atoms with Gasteiger partial charge < -0.3 is 11.1 Å². The lowest BCUT2D eigenvalue weighted by molar-refractivity contribution is -0.121. The lowest BCUT2D eigenvalue weighted by atomic mass is 10.5. The number of hydrogen-bond acceptors (Lipinski definition) is 5. The van der Waals surface area contributed by atoms with Crippen molar-refractivity contribution in [3.63, 3.8) is 0 Å². The number of nitrogens with one attached hydrogen (secondary N) is 1. The van der Waals surface area contributed by atoms with Crippen LogP contribution in [0.1, 0.15) is 12.8 Å². The Morgan fingerprint density at radius 2 is 2.28 bits per heavy atom. The summed E-state index contributed by atoms with van der Waals surface area (Å²) in [6.45, 7) is -0.170. The van der Waals surface area contributed by atoms with Crippen LogP contribution >= 0.6 is 11.3 Å². The van der Waals surface area contributed by atoms with Gasteiger partial charge in [-0.15, -0.1) is 11.3 Å². The summed E-state index contributed by atoms with van der Waals surface area (Å²) >= 11 is 1.05. The zero-order valence-electron chi connectivity index (χ0n) is 9.92. The van der Waals surface area contributed by atoms with E-state index in [1.54, 1.807) is 5.38 Å². The van der Waals surface area contributed by atoms with E-state index >= 15 is 0 Å². The minimum absolute atomic E-state index is 0.154. The minimum Gasteiger partial charge on any atom is -0.398 e. The van der Waals surface area contributed by atoms with E-state index in [0.29, 0.717) is 5.69 Å². The molecule has 1 amide bonds. The topological polar surface area (TPSA) is 92.5 Å². The molecule has 1 heterocycles. The number of carbonyl (C=O) groups is 1. The first kappa shape index (κ1) is 13.3. The van der Waals surface area contributed by atoms with Gasteiger partial charge in [0.05, 0.1) is 6.54 Å². The number of sulfonamides is 1. The Morgan fingerprint density at radius 3 is 2.78 bits per heavy atom. The first-order valence-corrected chi connectivity index (χ1v) is 7.81. The summed E-state index contributed by atoms with van der Waals surface area (Å²) in [6.07, 6.45) is 1.95. The van der Waals surface area contributed by atoms with Gasteiger partial charge in [-0.2, -0.15) is 4.31 Å². The van der Waals surface area contributed by atoms with Gasteiger partial charge in [0.1, 0.15) is 4.21 Å². The third kappa shape index (κ3) is 3.01. The van der Waals surface area contributed by atoms with E-state index < -0.39 is 10.0 Å². The van der Waals surface area contributed by atoms with Gasteiger partial charge in [-0.05, 0) is 18.9 Å². The second kappa shape index (κ2) is 4.87. The molecule has 1 aromatic rings. The van der Waals surface area contributed by atoms with Crippen LogP contribution in [-0.4, -0.2) is 38.3 Å². The van der Waals surface area contributed by atoms with Crippen molar-refractivity contribution < 1.29 is 13.2 Å². The van der Waals surface area contributed by atoms with Crippen LogP contribution in [0.3, 0.4) is 0 Å². The van der Waals surface area contributed by atoms with E-state index in [1.807, 2.05) is 0 Å². The Morgan fingerprint density at radius 1 is 1.61 bits per heavy atom. The molecule has 6 nitrogen and oxygen atoms in total. The first-order chi connectivity index (χ1) is 8.39. The fourth-order valence-electron chi connectivity index (χ4n) is 1.41. The van der Waals surface area contributed by atoms with Gasteiger partial charge in [-0.25, -0.2) is 8.42 Å². The summed E-state index contributed by atoms with van der Waals surface area (Å²) in [6, 6.07) is 1.63. The van der Waals surface area contributed by atoms with Gasteiger partial charge in [0, 0.05) is 24.2 Å². The summed E-state index contributed by atoms with van der Waals surface area (Å²) < 4.78 is 25.4. The third-order valence-corrected chi connectivity index (χ3v) is 5.81. The van der Waals surface area contributed by atoms with Gasteiger partial charge in [0.15, 0.2) is 0 Å². The second-order valence-electron chi connectivity index (χ2n) is 4.30. The number of nitrogen functional groups attached to an aromatic ring is 1. The van der Waals surface area contributed by atoms with E-state index in [4.69, 9.17) is 5.73 Å². The number of thiophene rings is 1. The Balaban J connectivity index is 2.02. The summed E-state index contributed by atoms with van der Waals surface area (Å²) in [7, 11) is -2.23. The molecule has 1 aliphatic rings. The van der Waals surface area contributed by atoms with Crippen molar-refractivity contribution in [1.29, 1.82) is 0 Å². The molecule has 0 bridgehead atoms. The molecular formula is C10H15N3O3S2. The molecule has 18 heavy (non-hydrogen) atoms. The Bertz CT molecular complexity index is 548. The average molecular weight is 289 g/mol. The molecule has 1 saturated carbocycles. The maximum absolute atomic E-state index is 12.1. The average Bonchev–Trinajstić information content (AvgIpc) is 2.96. The van der Waals surface area contributed by atoms with E-state index in [1.165, 1.54) is 13.1 Å². The molecule has 0 atom stereocenters. The molecule has 2 rings (SSSR count). The van der Waals surface area contributed by atoms with Crippen LogP contribution in [0, 0.1) is 0 Å². The standard InChI is InChI=1S/C10H15N3O3S2/c1-13(5-9(14)12-8-2-3-8)18(15,16)10-4-7(11)6-17-10/h4,6,8H,2-3,5,11H2,1H3,(H,12,14). The van der Waals surface area contributed by atoms with Crippen molar-refractivity contribution in [3.05, 3.63) is 11.4 Å². The lowest BCUT2D eigenvalue weighted by Crippen LogP contribution is -2.38. The van der Waals surface area contributed by atoms with Crippen LogP contribution in [0.25, 0.3) is 0 Å². The molecule has 0 unspecified atom stereocenters. The molecule has 8 heteroatoms. The van der Waals surface area contributed by atoms with Crippen molar-refractivity contribution in [2.45, 2.75) is 23.1 Å². The molecule has 0 aromatic carbocycles. The van der Waals surface area contributed by atoms with Gasteiger partial charge in [0.2, 0.25) is 5.91 Å². The summed E-state index contributed by atoms with van der Waals surface area (Å²) in [4.78, 5) is 11.5. The van der Waals surface area contributed by atoms with Gasteiger partial charge in [0.25, 0.3) is 10.0 Å². The van der Waals surface area contributed by atoms with Gasteiger partial charge in [-0.1, -0.05) is 0 Å². The fraction of sp³-hybridized carbons (Fsp3) is 0.500. The van der Waals surface area contributed by atoms with Crippen molar-refractivity contribution in [3.8, 4) is 0 Å². The van der Waals surface area contributed by atoms with Crippen molar-refractivity contribution in [1.82, 2.24) is 9.62 Å². The Hall–Kier alpha value is -1.12. The van der Waals surface area contributed by atoms with Crippen LogP contribution in [-0.2, 0) is 14.8 Å². The van der Waals surface area contributed by atoms with Gasteiger partial charge >= 0.3 is 0 Å². The van der Waals surface area contributed by atoms with Crippen LogP contribution in [0.5, 0.6) is 0 Å². The maximum atomic E-state index is 12.1. The van der Waals surface area contributed by atoms with Crippen molar-refractivity contribution in [2.24, 2.45) is 0 Å². The number of amides is 1. The normalized spacial score (nSPS) is 15.9. The van der Waals surface area contributed by atoms with Crippen LogP contribution < -0.4 is 11.1 Å². The van der Waals surface area contributed by atoms with Crippen LogP contribution in [0.4, 0.5) is 5.69 Å². The smallest absolute Gasteiger partial charge is 0.252 e. The van der Waals surface area contributed by atoms with Crippen molar-refractivity contribution in [2.75, 3.05) is 19.3 Å². The molecular weight excluding hydrogens is 274 g/mol.